The lowest BCUT2D eigenvalue weighted by Crippen LogP contribution is -2.67. The van der Waals surface area contributed by atoms with Crippen molar-refractivity contribution in [3.63, 3.8) is 0 Å². The van der Waals surface area contributed by atoms with Gasteiger partial charge in [0.25, 0.3) is 0 Å². The summed E-state index contributed by atoms with van der Waals surface area (Å²) in [4.78, 5) is 40.6. The molecule has 7 heteroatoms. The molecule has 0 aromatic rings. The molecule has 5 aliphatic rings. The number of carbonyl (C=O) groups is 3. The van der Waals surface area contributed by atoms with Gasteiger partial charge in [0.1, 0.15) is 12.1 Å². The van der Waals surface area contributed by atoms with Crippen LogP contribution < -0.4 is 11.5 Å². The third kappa shape index (κ3) is 4.84. The highest BCUT2D eigenvalue weighted by molar-refractivity contribution is 5.95. The number of ether oxygens (including phenoxy) is 2. The minimum atomic E-state index is -0.624. The first-order valence-electron chi connectivity index (χ1n) is 17.4. The summed E-state index contributed by atoms with van der Waals surface area (Å²) in [6.45, 7) is 16.7. The molecule has 10 atom stereocenters. The van der Waals surface area contributed by atoms with Gasteiger partial charge < -0.3 is 20.9 Å². The van der Waals surface area contributed by atoms with Gasteiger partial charge in [0, 0.05) is 11.3 Å². The number of nitrogens with two attached hydrogens (primary N) is 2. The lowest BCUT2D eigenvalue weighted by Gasteiger charge is -2.70. The number of rotatable bonds is 7. The molecule has 0 saturated heterocycles. The summed E-state index contributed by atoms with van der Waals surface area (Å²) < 4.78 is 11.5. The van der Waals surface area contributed by atoms with E-state index in [1.165, 1.54) is 12.7 Å². The van der Waals surface area contributed by atoms with Gasteiger partial charge in [-0.1, -0.05) is 53.5 Å². The van der Waals surface area contributed by atoms with Crippen LogP contribution in [0.15, 0.2) is 11.6 Å². The zero-order chi connectivity index (χ0) is 32.5. The molecular weight excluding hydrogens is 552 g/mol. The number of allylic oxidation sites excluding steroid dienone is 2. The molecule has 0 aromatic carbocycles. The van der Waals surface area contributed by atoms with E-state index in [0.29, 0.717) is 13.0 Å². The van der Waals surface area contributed by atoms with Crippen LogP contribution in [0.25, 0.3) is 0 Å². The molecular formula is C37H60N2O5. The fourth-order valence-corrected chi connectivity index (χ4v) is 11.7. The van der Waals surface area contributed by atoms with Crippen molar-refractivity contribution in [3.05, 3.63) is 11.6 Å². The maximum absolute atomic E-state index is 14.6. The number of carbonyl (C=O) groups excluding carboxylic acids is 3. The molecule has 0 bridgehead atoms. The van der Waals surface area contributed by atoms with Crippen molar-refractivity contribution < 1.29 is 23.9 Å². The van der Waals surface area contributed by atoms with Crippen molar-refractivity contribution in [1.29, 1.82) is 0 Å². The molecule has 44 heavy (non-hydrogen) atoms. The average Bonchev–Trinajstić information content (AvgIpc) is 2.96. The Morgan fingerprint density at radius 1 is 0.955 bits per heavy atom. The van der Waals surface area contributed by atoms with Gasteiger partial charge in [-0.25, -0.2) is 0 Å². The molecule has 4 fully saturated rings. The van der Waals surface area contributed by atoms with Gasteiger partial charge in [-0.15, -0.1) is 0 Å². The third-order valence-corrected chi connectivity index (χ3v) is 14.7. The van der Waals surface area contributed by atoms with Crippen molar-refractivity contribution in [1.82, 2.24) is 0 Å². The van der Waals surface area contributed by atoms with Crippen molar-refractivity contribution in [2.75, 3.05) is 13.7 Å². The topological polar surface area (TPSA) is 122 Å². The van der Waals surface area contributed by atoms with Crippen LogP contribution in [0.2, 0.25) is 0 Å². The number of fused-ring (bicyclic) bond motifs is 7. The van der Waals surface area contributed by atoms with Crippen LogP contribution in [-0.4, -0.2) is 43.5 Å². The number of methoxy groups -OCH3 is 1. The standard InChI is InChI=1S/C37H60N2O5/c1-32(2)27-12-15-37(7)29(35(27,5)14-13-28(32)44-30(41)25(39)11-9-10-20-38)26(40)21-23-24-22-34(4,31(42)43-8)17-16-33(24,3)18-19-36(23,37)6/h21,24-25,27-29H,9-20,22,38-39H2,1-8H3/t24-,25-,27-,28-,29+,33+,34-,35-,36+,37+/m0/s1. The van der Waals surface area contributed by atoms with Gasteiger partial charge in [-0.3, -0.25) is 14.4 Å². The average molecular weight is 613 g/mol. The Hall–Kier alpha value is -1.73. The second kappa shape index (κ2) is 11.2. The first-order chi connectivity index (χ1) is 20.4. The second-order valence-corrected chi connectivity index (χ2v) is 17.4. The van der Waals surface area contributed by atoms with Crippen molar-refractivity contribution in [2.45, 2.75) is 138 Å². The smallest absolute Gasteiger partial charge is 0.323 e. The Morgan fingerprint density at radius 3 is 2.30 bits per heavy atom. The van der Waals surface area contributed by atoms with Gasteiger partial charge in [-0.2, -0.15) is 0 Å². The minimum Gasteiger partial charge on any atom is -0.469 e. The largest absolute Gasteiger partial charge is 0.469 e. The van der Waals surface area contributed by atoms with Crippen LogP contribution in [0.5, 0.6) is 0 Å². The normalized spacial score (nSPS) is 45.0. The first-order valence-corrected chi connectivity index (χ1v) is 17.4. The van der Waals surface area contributed by atoms with Crippen molar-refractivity contribution in [2.24, 2.45) is 61.7 Å². The lowest BCUT2D eigenvalue weighted by atomic mass is 9.33. The third-order valence-electron chi connectivity index (χ3n) is 14.7. The Kier molecular flexibility index (Phi) is 8.57. The number of hydrogen-bond acceptors (Lipinski definition) is 7. The van der Waals surface area contributed by atoms with E-state index in [0.717, 1.165) is 70.6 Å². The van der Waals surface area contributed by atoms with E-state index in [2.05, 4.69) is 54.5 Å². The van der Waals surface area contributed by atoms with Gasteiger partial charge in [-0.05, 0) is 124 Å². The molecule has 4 N–H and O–H groups in total. The van der Waals surface area contributed by atoms with Crippen LogP contribution in [0.3, 0.4) is 0 Å². The van der Waals surface area contributed by atoms with E-state index >= 15 is 0 Å². The quantitative estimate of drug-likeness (QED) is 0.248. The molecule has 4 saturated carbocycles. The zero-order valence-electron chi connectivity index (χ0n) is 28.9. The van der Waals surface area contributed by atoms with E-state index < -0.39 is 11.5 Å². The van der Waals surface area contributed by atoms with E-state index in [4.69, 9.17) is 20.9 Å². The summed E-state index contributed by atoms with van der Waals surface area (Å²) in [7, 11) is 1.50. The number of unbranched alkanes of at least 4 members (excludes halogenated alkanes) is 1. The second-order valence-electron chi connectivity index (χ2n) is 17.4. The van der Waals surface area contributed by atoms with Crippen molar-refractivity contribution >= 4 is 17.7 Å². The zero-order valence-corrected chi connectivity index (χ0v) is 28.9. The van der Waals surface area contributed by atoms with Crippen LogP contribution in [0.1, 0.15) is 126 Å². The summed E-state index contributed by atoms with van der Waals surface area (Å²) in [5, 5.41) is 0. The highest BCUT2D eigenvalue weighted by Crippen LogP contribution is 2.75. The highest BCUT2D eigenvalue weighted by Gasteiger charge is 2.70. The lowest BCUT2D eigenvalue weighted by molar-refractivity contribution is -0.211. The molecule has 0 heterocycles. The molecule has 248 valence electrons. The predicted octanol–water partition coefficient (Wildman–Crippen LogP) is 6.51. The summed E-state index contributed by atoms with van der Waals surface area (Å²) in [6.07, 6.45) is 12.4. The summed E-state index contributed by atoms with van der Waals surface area (Å²) in [5.74, 6) is 0.207. The van der Waals surface area contributed by atoms with E-state index in [1.807, 2.05) is 0 Å². The molecule has 0 amide bonds. The Labute approximate surface area is 266 Å². The van der Waals surface area contributed by atoms with Gasteiger partial charge in [0.2, 0.25) is 0 Å². The summed E-state index contributed by atoms with van der Waals surface area (Å²) in [5.41, 5.74) is 12.0. The number of hydrogen-bond donors (Lipinski definition) is 2. The number of ketones is 1. The van der Waals surface area contributed by atoms with Crippen molar-refractivity contribution in [3.8, 4) is 0 Å². The molecule has 0 unspecified atom stereocenters. The monoisotopic (exact) mass is 612 g/mol. The maximum Gasteiger partial charge on any atom is 0.323 e. The fourth-order valence-electron chi connectivity index (χ4n) is 11.7. The predicted molar refractivity (Wildman–Crippen MR) is 172 cm³/mol. The Bertz CT molecular complexity index is 1210. The van der Waals surface area contributed by atoms with Crippen LogP contribution >= 0.6 is 0 Å². The fraction of sp³-hybridized carbons (Fsp3) is 0.865. The molecule has 0 spiro atoms. The summed E-state index contributed by atoms with van der Waals surface area (Å²) in [6, 6.07) is -0.624. The first kappa shape index (κ1) is 33.6. The molecule has 0 aromatic heterocycles. The molecule has 5 aliphatic carbocycles. The molecule has 7 nitrogen and oxygen atoms in total. The minimum absolute atomic E-state index is 0.0862. The molecule has 5 rings (SSSR count). The molecule has 0 radical (unpaired) electrons. The maximum atomic E-state index is 14.6. The van der Waals surface area contributed by atoms with Gasteiger partial charge in [0.05, 0.1) is 12.5 Å². The van der Waals surface area contributed by atoms with Crippen LogP contribution in [0.4, 0.5) is 0 Å². The highest BCUT2D eigenvalue weighted by atomic mass is 16.5. The van der Waals surface area contributed by atoms with Gasteiger partial charge in [0.15, 0.2) is 5.78 Å². The summed E-state index contributed by atoms with van der Waals surface area (Å²) >= 11 is 0. The van der Waals surface area contributed by atoms with Crippen LogP contribution in [-0.2, 0) is 23.9 Å². The van der Waals surface area contributed by atoms with E-state index in [1.54, 1.807) is 0 Å². The van der Waals surface area contributed by atoms with E-state index in [-0.39, 0.29) is 68.7 Å². The Balaban J connectivity index is 1.45. The SMILES string of the molecule is COC(=O)[C@@]1(C)CC[C@]2(C)CC[C@]3(C)C(=CC(=O)[C@@H]4[C@@]5(C)CC[C@H](OC(=O)[C@@H](N)CCCCN)C(C)(C)[C@@H]5CC[C@]43C)[C@@H]2C1. The van der Waals surface area contributed by atoms with Gasteiger partial charge >= 0.3 is 11.9 Å². The van der Waals surface area contributed by atoms with Crippen LogP contribution in [0, 0.1) is 50.2 Å². The molecule has 0 aliphatic heterocycles. The number of esters is 2. The Morgan fingerprint density at radius 2 is 1.64 bits per heavy atom. The van der Waals surface area contributed by atoms with E-state index in [9.17, 15) is 14.4 Å².